The molecule has 0 unspecified atom stereocenters. The highest BCUT2D eigenvalue weighted by atomic mass is 19.1. The van der Waals surface area contributed by atoms with E-state index in [1.54, 1.807) is 12.1 Å². The minimum atomic E-state index is -0.280. The summed E-state index contributed by atoms with van der Waals surface area (Å²) < 4.78 is 26.7. The summed E-state index contributed by atoms with van der Waals surface area (Å²) in [7, 11) is 0. The number of H-pyrrole nitrogens is 2. The number of benzene rings is 2. The summed E-state index contributed by atoms with van der Waals surface area (Å²) in [5.74, 6) is -0.621. The van der Waals surface area contributed by atoms with Gasteiger partial charge in [-0.05, 0) is 47.5 Å². The van der Waals surface area contributed by atoms with Gasteiger partial charge in [0.1, 0.15) is 11.6 Å². The van der Waals surface area contributed by atoms with Gasteiger partial charge in [0, 0.05) is 46.7 Å². The van der Waals surface area contributed by atoms with Crippen LogP contribution < -0.4 is 5.73 Å². The van der Waals surface area contributed by atoms with Crippen molar-refractivity contribution in [2.75, 3.05) is 6.54 Å². The van der Waals surface area contributed by atoms with Crippen molar-refractivity contribution in [3.63, 3.8) is 0 Å². The molecule has 0 spiro atoms. The zero-order chi connectivity index (χ0) is 16.0. The van der Waals surface area contributed by atoms with Crippen molar-refractivity contribution in [2.45, 2.75) is 5.92 Å². The highest BCUT2D eigenvalue weighted by Gasteiger charge is 2.20. The lowest BCUT2D eigenvalue weighted by atomic mass is 9.91. The van der Waals surface area contributed by atoms with Crippen LogP contribution in [0.3, 0.4) is 0 Å². The predicted octanol–water partition coefficient (Wildman–Crippen LogP) is 4.02. The monoisotopic (exact) mass is 311 g/mol. The molecule has 2 aromatic heterocycles. The molecule has 0 aliphatic heterocycles. The minimum Gasteiger partial charge on any atom is -0.361 e. The smallest absolute Gasteiger partial charge is 0.125 e. The van der Waals surface area contributed by atoms with Crippen LogP contribution in [0.25, 0.3) is 21.8 Å². The first-order chi connectivity index (χ1) is 11.2. The number of fused-ring (bicyclic) bond motifs is 2. The van der Waals surface area contributed by atoms with Gasteiger partial charge >= 0.3 is 0 Å². The molecule has 0 amide bonds. The number of rotatable bonds is 3. The molecule has 0 saturated carbocycles. The van der Waals surface area contributed by atoms with Gasteiger partial charge in [-0.1, -0.05) is 0 Å². The number of nitrogens with one attached hydrogen (secondary N) is 2. The van der Waals surface area contributed by atoms with Gasteiger partial charge in [0.25, 0.3) is 0 Å². The molecule has 116 valence electrons. The van der Waals surface area contributed by atoms with Gasteiger partial charge in [-0.2, -0.15) is 0 Å². The molecule has 0 fully saturated rings. The molecule has 0 bridgehead atoms. The quantitative estimate of drug-likeness (QED) is 0.526. The first kappa shape index (κ1) is 14.0. The van der Waals surface area contributed by atoms with Crippen LogP contribution in [0.5, 0.6) is 0 Å². The second-order valence-corrected chi connectivity index (χ2v) is 5.66. The Morgan fingerprint density at radius 2 is 1.30 bits per heavy atom. The van der Waals surface area contributed by atoms with Crippen LogP contribution in [0.1, 0.15) is 17.0 Å². The minimum absolute atomic E-state index is 0.0616. The summed E-state index contributed by atoms with van der Waals surface area (Å²) in [6.45, 7) is 0.397. The van der Waals surface area contributed by atoms with Crippen molar-refractivity contribution < 1.29 is 8.78 Å². The maximum absolute atomic E-state index is 13.4. The summed E-state index contributed by atoms with van der Waals surface area (Å²) in [5.41, 5.74) is 9.52. The van der Waals surface area contributed by atoms with Gasteiger partial charge in [-0.25, -0.2) is 8.78 Å². The fourth-order valence-corrected chi connectivity index (χ4v) is 3.24. The van der Waals surface area contributed by atoms with Crippen molar-refractivity contribution in [3.05, 3.63) is 71.6 Å². The van der Waals surface area contributed by atoms with Crippen molar-refractivity contribution in [3.8, 4) is 0 Å². The molecule has 23 heavy (non-hydrogen) atoms. The van der Waals surface area contributed by atoms with Crippen LogP contribution >= 0.6 is 0 Å². The van der Waals surface area contributed by atoms with Crippen molar-refractivity contribution in [1.82, 2.24) is 9.97 Å². The molecule has 0 aliphatic carbocycles. The van der Waals surface area contributed by atoms with Gasteiger partial charge in [-0.15, -0.1) is 0 Å². The van der Waals surface area contributed by atoms with Crippen LogP contribution in [-0.2, 0) is 0 Å². The van der Waals surface area contributed by atoms with Crippen molar-refractivity contribution >= 4 is 21.8 Å². The number of aromatic amines is 2. The van der Waals surface area contributed by atoms with E-state index in [4.69, 9.17) is 5.73 Å². The normalized spacial score (nSPS) is 11.8. The molecule has 0 aliphatic rings. The van der Waals surface area contributed by atoms with Crippen LogP contribution in [-0.4, -0.2) is 16.5 Å². The van der Waals surface area contributed by atoms with Crippen LogP contribution in [0.15, 0.2) is 48.8 Å². The molecule has 0 atom stereocenters. The summed E-state index contributed by atoms with van der Waals surface area (Å²) in [4.78, 5) is 6.19. The lowest BCUT2D eigenvalue weighted by Gasteiger charge is -2.14. The SMILES string of the molecule is NCC(c1c[nH]c2cc(F)ccc12)c1c[nH]c2cc(F)ccc12. The summed E-state index contributed by atoms with van der Waals surface area (Å²) in [5, 5.41) is 1.89. The number of hydrogen-bond acceptors (Lipinski definition) is 1. The fourth-order valence-electron chi connectivity index (χ4n) is 3.24. The van der Waals surface area contributed by atoms with E-state index >= 15 is 0 Å². The number of nitrogens with two attached hydrogens (primary N) is 1. The largest absolute Gasteiger partial charge is 0.361 e. The highest BCUT2D eigenvalue weighted by Crippen LogP contribution is 2.34. The lowest BCUT2D eigenvalue weighted by Crippen LogP contribution is -2.13. The van der Waals surface area contributed by atoms with E-state index in [0.717, 1.165) is 32.9 Å². The molecule has 2 heterocycles. The summed E-state index contributed by atoms with van der Waals surface area (Å²) in [6.07, 6.45) is 3.73. The topological polar surface area (TPSA) is 57.6 Å². The predicted molar refractivity (Wildman–Crippen MR) is 87.4 cm³/mol. The number of aromatic nitrogens is 2. The maximum atomic E-state index is 13.4. The zero-order valence-corrected chi connectivity index (χ0v) is 12.2. The van der Waals surface area contributed by atoms with E-state index in [1.165, 1.54) is 24.3 Å². The molecule has 4 rings (SSSR count). The molecule has 4 aromatic rings. The molecule has 5 heteroatoms. The van der Waals surface area contributed by atoms with Gasteiger partial charge in [0.2, 0.25) is 0 Å². The Hall–Kier alpha value is -2.66. The number of hydrogen-bond donors (Lipinski definition) is 3. The van der Waals surface area contributed by atoms with Crippen LogP contribution in [0.2, 0.25) is 0 Å². The summed E-state index contributed by atoms with van der Waals surface area (Å²) in [6, 6.07) is 9.34. The van der Waals surface area contributed by atoms with Crippen molar-refractivity contribution in [1.29, 1.82) is 0 Å². The van der Waals surface area contributed by atoms with E-state index in [2.05, 4.69) is 9.97 Å². The van der Waals surface area contributed by atoms with Crippen LogP contribution in [0, 0.1) is 11.6 Å². The molecule has 0 saturated heterocycles. The van der Waals surface area contributed by atoms with Crippen molar-refractivity contribution in [2.24, 2.45) is 5.73 Å². The van der Waals surface area contributed by atoms with E-state index in [0.29, 0.717) is 6.54 Å². The van der Waals surface area contributed by atoms with E-state index in [9.17, 15) is 8.78 Å². The average molecular weight is 311 g/mol. The third kappa shape index (κ3) is 2.21. The molecular weight excluding hydrogens is 296 g/mol. The van der Waals surface area contributed by atoms with Gasteiger partial charge in [0.15, 0.2) is 0 Å². The Morgan fingerprint density at radius 1 is 0.826 bits per heavy atom. The molecule has 2 aromatic carbocycles. The second-order valence-electron chi connectivity index (χ2n) is 5.66. The maximum Gasteiger partial charge on any atom is 0.125 e. The Kier molecular flexibility index (Phi) is 3.16. The highest BCUT2D eigenvalue weighted by molar-refractivity contribution is 5.88. The Bertz CT molecular complexity index is 920. The van der Waals surface area contributed by atoms with E-state index < -0.39 is 0 Å². The third-order valence-electron chi connectivity index (χ3n) is 4.34. The van der Waals surface area contributed by atoms with Gasteiger partial charge in [-0.3, -0.25) is 0 Å². The Morgan fingerprint density at radius 3 is 1.74 bits per heavy atom. The Labute approximate surface area is 131 Å². The first-order valence-electron chi connectivity index (χ1n) is 7.40. The third-order valence-corrected chi connectivity index (χ3v) is 4.34. The van der Waals surface area contributed by atoms with Gasteiger partial charge < -0.3 is 15.7 Å². The number of halogens is 2. The van der Waals surface area contributed by atoms with Gasteiger partial charge in [0.05, 0.1) is 0 Å². The second kappa shape index (κ2) is 5.21. The summed E-state index contributed by atoms with van der Waals surface area (Å²) >= 11 is 0. The van der Waals surface area contributed by atoms with E-state index in [1.807, 2.05) is 12.4 Å². The molecule has 4 N–H and O–H groups in total. The average Bonchev–Trinajstić information content (AvgIpc) is 3.13. The molecular formula is C18H15F2N3. The standard InChI is InChI=1S/C18H15F2N3/c19-10-1-3-12-15(8-22-17(12)5-10)14(7-21)16-9-23-18-6-11(20)2-4-13(16)18/h1-6,8-9,14,22-23H,7,21H2. The zero-order valence-electron chi connectivity index (χ0n) is 12.2. The Balaban J connectivity index is 1.89. The molecule has 0 radical (unpaired) electrons. The lowest BCUT2D eigenvalue weighted by molar-refractivity contribution is 0.629. The van der Waals surface area contributed by atoms with Crippen LogP contribution in [0.4, 0.5) is 8.78 Å². The first-order valence-corrected chi connectivity index (χ1v) is 7.40. The fraction of sp³-hybridized carbons (Fsp3) is 0.111. The molecule has 3 nitrogen and oxygen atoms in total. The van der Waals surface area contributed by atoms with E-state index in [-0.39, 0.29) is 17.6 Å².